The van der Waals surface area contributed by atoms with Gasteiger partial charge >= 0.3 is 6.09 Å². The Morgan fingerprint density at radius 1 is 1.05 bits per heavy atom. The van der Waals surface area contributed by atoms with Crippen LogP contribution in [0.5, 0.6) is 0 Å². The molecular formula is C14H26N2O3. The van der Waals surface area contributed by atoms with Crippen LogP contribution in [0.3, 0.4) is 0 Å². The Morgan fingerprint density at radius 2 is 1.53 bits per heavy atom. The first-order chi connectivity index (χ1) is 8.80. The summed E-state index contributed by atoms with van der Waals surface area (Å²) in [7, 11) is 0. The van der Waals surface area contributed by atoms with E-state index >= 15 is 0 Å². The van der Waals surface area contributed by atoms with Crippen molar-refractivity contribution in [2.75, 3.05) is 0 Å². The van der Waals surface area contributed by atoms with Crippen LogP contribution in [0.1, 0.15) is 59.8 Å². The van der Waals surface area contributed by atoms with Gasteiger partial charge < -0.3 is 15.4 Å². The highest BCUT2D eigenvalue weighted by Crippen LogP contribution is 2.19. The Labute approximate surface area is 115 Å². The van der Waals surface area contributed by atoms with Crippen LogP contribution >= 0.6 is 0 Å². The van der Waals surface area contributed by atoms with Gasteiger partial charge in [-0.15, -0.1) is 0 Å². The Balaban J connectivity index is 2.26. The van der Waals surface area contributed by atoms with E-state index in [9.17, 15) is 9.59 Å². The number of ether oxygens (including phenoxy) is 1. The van der Waals surface area contributed by atoms with Crippen molar-refractivity contribution in [1.82, 2.24) is 10.6 Å². The van der Waals surface area contributed by atoms with E-state index in [1.165, 1.54) is 0 Å². The summed E-state index contributed by atoms with van der Waals surface area (Å²) in [6, 6.07) is 0.411. The molecule has 0 aromatic heterocycles. The molecule has 0 atom stereocenters. The van der Waals surface area contributed by atoms with Gasteiger partial charge in [-0.05, 0) is 46.5 Å². The summed E-state index contributed by atoms with van der Waals surface area (Å²) in [5.41, 5.74) is -0.462. The highest BCUT2D eigenvalue weighted by atomic mass is 16.6. The fourth-order valence-corrected chi connectivity index (χ4v) is 2.19. The zero-order valence-electron chi connectivity index (χ0n) is 12.4. The number of hydrogen-bond donors (Lipinski definition) is 2. The van der Waals surface area contributed by atoms with Crippen LogP contribution in [0.4, 0.5) is 4.79 Å². The Hall–Kier alpha value is -1.26. The van der Waals surface area contributed by atoms with E-state index in [1.807, 2.05) is 27.7 Å². The number of carbonyl (C=O) groups excluding carboxylic acids is 2. The SMILES string of the molecule is CCC(=O)NC1CCC(NC(=O)OC(C)(C)C)CC1. The first-order valence-corrected chi connectivity index (χ1v) is 7.09. The lowest BCUT2D eigenvalue weighted by atomic mass is 9.91. The number of amides is 2. The van der Waals surface area contributed by atoms with Gasteiger partial charge in [-0.2, -0.15) is 0 Å². The molecule has 2 N–H and O–H groups in total. The molecule has 1 saturated carbocycles. The molecule has 2 amide bonds. The summed E-state index contributed by atoms with van der Waals surface area (Å²) in [6.45, 7) is 7.41. The molecule has 0 aliphatic heterocycles. The van der Waals surface area contributed by atoms with Crippen molar-refractivity contribution in [2.24, 2.45) is 0 Å². The van der Waals surface area contributed by atoms with Crippen LogP contribution in [0.25, 0.3) is 0 Å². The van der Waals surface area contributed by atoms with Crippen molar-refractivity contribution in [3.63, 3.8) is 0 Å². The fraction of sp³-hybridized carbons (Fsp3) is 0.857. The zero-order chi connectivity index (χ0) is 14.5. The molecule has 0 radical (unpaired) electrons. The maximum Gasteiger partial charge on any atom is 0.407 e. The molecule has 0 spiro atoms. The lowest BCUT2D eigenvalue weighted by Gasteiger charge is -2.30. The molecule has 1 aliphatic carbocycles. The van der Waals surface area contributed by atoms with Gasteiger partial charge in [0.15, 0.2) is 0 Å². The molecule has 0 aromatic carbocycles. The van der Waals surface area contributed by atoms with E-state index in [4.69, 9.17) is 4.74 Å². The van der Waals surface area contributed by atoms with E-state index in [0.29, 0.717) is 6.42 Å². The standard InChI is InChI=1S/C14H26N2O3/c1-5-12(17)15-10-6-8-11(9-7-10)16-13(18)19-14(2,3)4/h10-11H,5-9H2,1-4H3,(H,15,17)(H,16,18). The van der Waals surface area contributed by atoms with E-state index in [1.54, 1.807) is 0 Å². The van der Waals surface area contributed by atoms with Crippen molar-refractivity contribution in [3.8, 4) is 0 Å². The second kappa shape index (κ2) is 6.78. The summed E-state index contributed by atoms with van der Waals surface area (Å²) in [5.74, 6) is 0.101. The van der Waals surface area contributed by atoms with Crippen LogP contribution in [0.15, 0.2) is 0 Å². The van der Waals surface area contributed by atoms with Crippen LogP contribution in [0, 0.1) is 0 Å². The summed E-state index contributed by atoms with van der Waals surface area (Å²) >= 11 is 0. The monoisotopic (exact) mass is 270 g/mol. The topological polar surface area (TPSA) is 67.4 Å². The van der Waals surface area contributed by atoms with Crippen molar-refractivity contribution < 1.29 is 14.3 Å². The Kier molecular flexibility index (Phi) is 5.63. The lowest BCUT2D eigenvalue weighted by molar-refractivity contribution is -0.121. The van der Waals surface area contributed by atoms with Gasteiger partial charge in [-0.25, -0.2) is 4.79 Å². The predicted octanol–water partition coefficient (Wildman–Crippen LogP) is 2.35. The number of rotatable bonds is 3. The van der Waals surface area contributed by atoms with Gasteiger partial charge in [0, 0.05) is 18.5 Å². The number of carbonyl (C=O) groups is 2. The minimum atomic E-state index is -0.462. The van der Waals surface area contributed by atoms with Crippen molar-refractivity contribution in [3.05, 3.63) is 0 Å². The molecule has 1 fully saturated rings. The molecule has 0 aromatic rings. The third-order valence-corrected chi connectivity index (χ3v) is 3.13. The van der Waals surface area contributed by atoms with Gasteiger partial charge in [-0.3, -0.25) is 4.79 Å². The molecule has 110 valence electrons. The minimum Gasteiger partial charge on any atom is -0.444 e. The fourth-order valence-electron chi connectivity index (χ4n) is 2.19. The molecule has 0 heterocycles. The average molecular weight is 270 g/mol. The van der Waals surface area contributed by atoms with Crippen molar-refractivity contribution in [2.45, 2.75) is 77.5 Å². The number of hydrogen-bond acceptors (Lipinski definition) is 3. The van der Waals surface area contributed by atoms with Gasteiger partial charge in [-0.1, -0.05) is 6.92 Å². The molecule has 19 heavy (non-hydrogen) atoms. The largest absolute Gasteiger partial charge is 0.444 e. The third-order valence-electron chi connectivity index (χ3n) is 3.13. The lowest BCUT2D eigenvalue weighted by Crippen LogP contribution is -2.45. The smallest absolute Gasteiger partial charge is 0.407 e. The summed E-state index contributed by atoms with van der Waals surface area (Å²) in [4.78, 5) is 22.9. The normalized spacial score (nSPS) is 23.6. The maximum absolute atomic E-state index is 11.6. The molecule has 0 bridgehead atoms. The van der Waals surface area contributed by atoms with Gasteiger partial charge in [0.1, 0.15) is 5.60 Å². The molecule has 0 saturated heterocycles. The van der Waals surface area contributed by atoms with Gasteiger partial charge in [0.05, 0.1) is 0 Å². The van der Waals surface area contributed by atoms with Crippen LogP contribution in [0.2, 0.25) is 0 Å². The van der Waals surface area contributed by atoms with Crippen LogP contribution < -0.4 is 10.6 Å². The van der Waals surface area contributed by atoms with E-state index in [2.05, 4.69) is 10.6 Å². The number of alkyl carbamates (subject to hydrolysis) is 1. The first-order valence-electron chi connectivity index (χ1n) is 7.09. The number of nitrogens with one attached hydrogen (secondary N) is 2. The highest BCUT2D eigenvalue weighted by Gasteiger charge is 2.25. The van der Waals surface area contributed by atoms with E-state index in [0.717, 1.165) is 25.7 Å². The van der Waals surface area contributed by atoms with Crippen molar-refractivity contribution in [1.29, 1.82) is 0 Å². The molecule has 1 aliphatic rings. The minimum absolute atomic E-state index is 0.101. The Bertz CT molecular complexity index is 315. The van der Waals surface area contributed by atoms with Gasteiger partial charge in [0.25, 0.3) is 0 Å². The zero-order valence-corrected chi connectivity index (χ0v) is 12.4. The van der Waals surface area contributed by atoms with E-state index < -0.39 is 5.60 Å². The Morgan fingerprint density at radius 3 is 1.95 bits per heavy atom. The molecule has 1 rings (SSSR count). The predicted molar refractivity (Wildman–Crippen MR) is 73.8 cm³/mol. The summed E-state index contributed by atoms with van der Waals surface area (Å²) in [6.07, 6.45) is 3.75. The third kappa shape index (κ3) is 6.45. The van der Waals surface area contributed by atoms with E-state index in [-0.39, 0.29) is 24.1 Å². The van der Waals surface area contributed by atoms with Crippen molar-refractivity contribution >= 4 is 12.0 Å². The first kappa shape index (κ1) is 15.8. The van der Waals surface area contributed by atoms with Crippen LogP contribution in [-0.4, -0.2) is 29.7 Å². The molecule has 5 nitrogen and oxygen atoms in total. The second-order valence-corrected chi connectivity index (χ2v) is 6.12. The highest BCUT2D eigenvalue weighted by molar-refractivity contribution is 5.75. The molecule has 5 heteroatoms. The summed E-state index contributed by atoms with van der Waals surface area (Å²) in [5, 5.41) is 5.89. The van der Waals surface area contributed by atoms with Gasteiger partial charge in [0.2, 0.25) is 5.91 Å². The second-order valence-electron chi connectivity index (χ2n) is 6.12. The van der Waals surface area contributed by atoms with Crippen LogP contribution in [-0.2, 0) is 9.53 Å². The molecule has 0 unspecified atom stereocenters. The average Bonchev–Trinajstić information content (AvgIpc) is 2.29. The maximum atomic E-state index is 11.6. The summed E-state index contributed by atoms with van der Waals surface area (Å²) < 4.78 is 5.23. The quantitative estimate of drug-likeness (QED) is 0.827. The molecular weight excluding hydrogens is 244 g/mol.